The summed E-state index contributed by atoms with van der Waals surface area (Å²) >= 11 is 24.5. The monoisotopic (exact) mass is 844 g/mol. The van der Waals surface area contributed by atoms with E-state index in [0.29, 0.717) is 21.4 Å². The zero-order chi connectivity index (χ0) is 38.6. The second-order valence-corrected chi connectivity index (χ2v) is 14.9. The molecule has 22 heteroatoms. The van der Waals surface area contributed by atoms with E-state index in [-0.39, 0.29) is 56.9 Å². The largest absolute Gasteiger partial charge is 0.324 e. The molecule has 0 atom stereocenters. The van der Waals surface area contributed by atoms with E-state index in [1.807, 2.05) is 0 Å². The molecule has 6 aromatic rings. The highest BCUT2D eigenvalue weighted by Gasteiger charge is 2.19. The molecular weight excluding hydrogens is 826 g/mol. The van der Waals surface area contributed by atoms with Crippen molar-refractivity contribution in [1.82, 2.24) is 29.9 Å². The fourth-order valence-corrected chi connectivity index (χ4v) is 6.65. The van der Waals surface area contributed by atoms with Gasteiger partial charge in [-0.2, -0.15) is 46.7 Å². The normalized spacial score (nSPS) is 11.6. The number of anilines is 8. The molecule has 6 N–H and O–H groups in total. The Labute approximate surface area is 327 Å². The molecule has 0 unspecified atom stereocenters. The van der Waals surface area contributed by atoms with Crippen LogP contribution in [-0.2, 0) is 20.2 Å². The van der Waals surface area contributed by atoms with Crippen LogP contribution < -0.4 is 21.3 Å². The minimum atomic E-state index is -4.85. The first kappa shape index (κ1) is 38.4. The van der Waals surface area contributed by atoms with Crippen LogP contribution in [0.4, 0.5) is 46.5 Å². The van der Waals surface area contributed by atoms with Crippen molar-refractivity contribution >= 4 is 125 Å². The quantitative estimate of drug-likeness (QED) is 0.0507. The molecule has 274 valence electrons. The summed E-state index contributed by atoms with van der Waals surface area (Å²) in [5.74, 6) is -0.146. The molecule has 0 fully saturated rings. The number of aromatic nitrogens is 6. The Hall–Kier alpha value is -5.36. The van der Waals surface area contributed by atoms with Gasteiger partial charge in [0.2, 0.25) is 34.4 Å². The summed E-state index contributed by atoms with van der Waals surface area (Å²) in [7, 11) is -9.69. The molecule has 0 radical (unpaired) electrons. The van der Waals surface area contributed by atoms with Crippen LogP contribution in [0.5, 0.6) is 0 Å². The van der Waals surface area contributed by atoms with Crippen molar-refractivity contribution in [3.05, 3.63) is 117 Å². The highest BCUT2D eigenvalue weighted by atomic mass is 35.5. The van der Waals surface area contributed by atoms with E-state index in [0.717, 1.165) is 12.1 Å². The lowest BCUT2D eigenvalue weighted by Gasteiger charge is -2.12. The third kappa shape index (κ3) is 9.79. The third-order valence-electron chi connectivity index (χ3n) is 6.88. The van der Waals surface area contributed by atoms with E-state index in [9.17, 15) is 25.9 Å². The van der Waals surface area contributed by atoms with Crippen LogP contribution >= 0.6 is 46.4 Å². The molecule has 0 aliphatic carbocycles. The van der Waals surface area contributed by atoms with Gasteiger partial charge in [-0.15, -0.1) is 0 Å². The van der Waals surface area contributed by atoms with Gasteiger partial charge in [-0.25, -0.2) is 0 Å². The van der Waals surface area contributed by atoms with Gasteiger partial charge in [-0.1, -0.05) is 71.8 Å². The van der Waals surface area contributed by atoms with E-state index in [1.54, 1.807) is 24.3 Å². The molecule has 0 bridgehead atoms. The van der Waals surface area contributed by atoms with Crippen molar-refractivity contribution in [3.63, 3.8) is 0 Å². The zero-order valence-corrected chi connectivity index (χ0v) is 31.3. The summed E-state index contributed by atoms with van der Waals surface area (Å²) < 4.78 is 69.9. The number of para-hydroxylation sites is 1. The summed E-state index contributed by atoms with van der Waals surface area (Å²) in [6.45, 7) is 0. The smallest absolute Gasteiger partial charge is 0.295 e. The second kappa shape index (κ2) is 15.9. The summed E-state index contributed by atoms with van der Waals surface area (Å²) in [5, 5.41) is 11.7. The Kier molecular flexibility index (Phi) is 11.3. The van der Waals surface area contributed by atoms with Gasteiger partial charge in [0, 0.05) is 23.5 Å². The average Bonchev–Trinajstić information content (AvgIpc) is 3.09. The van der Waals surface area contributed by atoms with Crippen LogP contribution in [0.15, 0.2) is 82.6 Å². The molecule has 16 nitrogen and oxygen atoms in total. The average molecular weight is 847 g/mol. The summed E-state index contributed by atoms with van der Waals surface area (Å²) in [6.07, 6.45) is 2.45. The molecule has 0 aliphatic rings. The maximum atomic E-state index is 12.4. The van der Waals surface area contributed by atoms with Gasteiger partial charge in [-0.3, -0.25) is 9.11 Å². The molecule has 0 amide bonds. The molecule has 6 rings (SSSR count). The number of rotatable bonds is 12. The minimum absolute atomic E-state index is 0.00306. The fraction of sp³-hybridized carbons (Fsp3) is 0. The molecule has 0 saturated carbocycles. The van der Waals surface area contributed by atoms with E-state index < -0.39 is 30.0 Å². The highest BCUT2D eigenvalue weighted by molar-refractivity contribution is 7.86. The number of hydrogen-bond donors (Lipinski definition) is 6. The maximum Gasteiger partial charge on any atom is 0.295 e. The number of nitrogens with one attached hydrogen (secondary N) is 4. The SMILES string of the molecule is O=S(=O)(O)c1cc(Nc2nc(Cl)nc(Nc3cc#ccc3Cl)n2)ccc1/C=C/c1ccc(Nc2nc(Cl)nc(Nc3ccccc3Cl)n2)cc1S(=O)(=O)O. The number of nitrogens with zero attached hydrogens (tertiary/aromatic N) is 6. The standard InChI is InChI=1S/C32H20Cl4N10O6S2/c33-21-5-1-3-7-23(21)39-31-43-27(35)41-29(45-31)37-19-13-11-17(25(15-19)53(47,48)49)9-10-18-12-14-20(16-26(18)54(50,51)52)38-30-42-28(36)44-32(46-30)40-24-8-4-2-6-22(24)34/h1,3,5-16H,(H,47,48,49)(H,50,51,52)(H2,37,39,41,43,45)(H2,38,40,42,44,46)/b10-9+. The molecule has 2 aromatic heterocycles. The Morgan fingerprint density at radius 2 is 0.981 bits per heavy atom. The molecule has 0 spiro atoms. The maximum absolute atomic E-state index is 12.4. The van der Waals surface area contributed by atoms with Gasteiger partial charge in [0.05, 0.1) is 21.4 Å². The summed E-state index contributed by atoms with van der Waals surface area (Å²) in [4.78, 5) is 23.3. The Morgan fingerprint density at radius 1 is 0.537 bits per heavy atom. The van der Waals surface area contributed by atoms with E-state index in [1.165, 1.54) is 48.6 Å². The fourth-order valence-electron chi connectivity index (χ4n) is 4.57. The molecule has 0 aliphatic heterocycles. The van der Waals surface area contributed by atoms with Crippen molar-refractivity contribution in [2.45, 2.75) is 9.79 Å². The van der Waals surface area contributed by atoms with Crippen LogP contribution in [0.1, 0.15) is 11.1 Å². The molecular formula is C32H20Cl4N10O6S2. The summed E-state index contributed by atoms with van der Waals surface area (Å²) in [5.41, 5.74) is 1.04. The van der Waals surface area contributed by atoms with Gasteiger partial charge < -0.3 is 21.3 Å². The summed E-state index contributed by atoms with van der Waals surface area (Å²) in [6, 6.07) is 22.9. The Morgan fingerprint density at radius 3 is 1.44 bits per heavy atom. The van der Waals surface area contributed by atoms with Gasteiger partial charge in [0.15, 0.2) is 0 Å². The molecule has 54 heavy (non-hydrogen) atoms. The molecule has 2 heterocycles. The van der Waals surface area contributed by atoms with Gasteiger partial charge >= 0.3 is 0 Å². The van der Waals surface area contributed by atoms with E-state index >= 15 is 0 Å². The lowest BCUT2D eigenvalue weighted by molar-refractivity contribution is 0.480. The van der Waals surface area contributed by atoms with Gasteiger partial charge in [0.25, 0.3) is 20.2 Å². The van der Waals surface area contributed by atoms with Crippen molar-refractivity contribution in [1.29, 1.82) is 0 Å². The van der Waals surface area contributed by atoms with Crippen LogP contribution in [0.3, 0.4) is 0 Å². The zero-order valence-electron chi connectivity index (χ0n) is 26.6. The van der Waals surface area contributed by atoms with Gasteiger partial charge in [-0.05, 0) is 70.7 Å². The van der Waals surface area contributed by atoms with Crippen LogP contribution in [0.25, 0.3) is 12.2 Å². The highest BCUT2D eigenvalue weighted by Crippen LogP contribution is 2.30. The lowest BCUT2D eigenvalue weighted by atomic mass is 10.1. The van der Waals surface area contributed by atoms with Gasteiger partial charge in [0.1, 0.15) is 9.79 Å². The first-order valence-electron chi connectivity index (χ1n) is 14.7. The van der Waals surface area contributed by atoms with Crippen LogP contribution in [0.2, 0.25) is 20.6 Å². The lowest BCUT2D eigenvalue weighted by Crippen LogP contribution is -2.06. The first-order chi connectivity index (χ1) is 25.6. The third-order valence-corrected chi connectivity index (χ3v) is 9.68. The minimum Gasteiger partial charge on any atom is -0.324 e. The van der Waals surface area contributed by atoms with E-state index in [2.05, 4.69) is 63.3 Å². The Balaban J connectivity index is 1.25. The molecule has 0 saturated heterocycles. The topological polar surface area (TPSA) is 234 Å². The van der Waals surface area contributed by atoms with E-state index in [4.69, 9.17) is 46.4 Å². The van der Waals surface area contributed by atoms with Crippen LogP contribution in [-0.4, -0.2) is 55.8 Å². The number of halogens is 4. The first-order valence-corrected chi connectivity index (χ1v) is 19.1. The van der Waals surface area contributed by atoms with Crippen molar-refractivity contribution in [2.24, 2.45) is 0 Å². The van der Waals surface area contributed by atoms with Crippen LogP contribution in [0, 0.1) is 12.1 Å². The number of hydrogen-bond acceptors (Lipinski definition) is 14. The second-order valence-electron chi connectivity index (χ2n) is 10.6. The number of benzene rings is 3. The predicted molar refractivity (Wildman–Crippen MR) is 205 cm³/mol. The van der Waals surface area contributed by atoms with Crippen molar-refractivity contribution < 1.29 is 25.9 Å². The predicted octanol–water partition coefficient (Wildman–Crippen LogP) is 7.91. The van der Waals surface area contributed by atoms with Crippen molar-refractivity contribution in [3.8, 4) is 0 Å². The van der Waals surface area contributed by atoms with Crippen molar-refractivity contribution in [2.75, 3.05) is 21.3 Å². The molecule has 4 aromatic carbocycles. The Bertz CT molecular complexity index is 2480.